The fraction of sp³-hybridized carbons (Fsp3) is 0.417. The lowest BCUT2D eigenvalue weighted by molar-refractivity contribution is 0.243. The lowest BCUT2D eigenvalue weighted by atomic mass is 9.70. The molecule has 3 heteroatoms. The third kappa shape index (κ3) is 2.00. The van der Waals surface area contributed by atoms with E-state index >= 15 is 0 Å². The molecule has 0 saturated heterocycles. The molecule has 1 aromatic carbocycles. The van der Waals surface area contributed by atoms with E-state index in [9.17, 15) is 5.26 Å². The number of rotatable bonds is 2. The van der Waals surface area contributed by atoms with Gasteiger partial charge in [-0.3, -0.25) is 0 Å². The number of halogens is 1. The molecule has 2 rings (SSSR count). The van der Waals surface area contributed by atoms with Gasteiger partial charge in [0.25, 0.3) is 0 Å². The predicted octanol–water partition coefficient (Wildman–Crippen LogP) is 3.55. The summed E-state index contributed by atoms with van der Waals surface area (Å²) in [7, 11) is 0. The zero-order valence-corrected chi connectivity index (χ0v) is 10.2. The number of hydrogen-bond donors (Lipinski definition) is 1. The van der Waals surface area contributed by atoms with E-state index in [2.05, 4.69) is 34.2 Å². The van der Waals surface area contributed by atoms with Crippen LogP contribution in [0, 0.1) is 17.2 Å². The van der Waals surface area contributed by atoms with Gasteiger partial charge in [-0.2, -0.15) is 5.26 Å². The monoisotopic (exact) mass is 264 g/mol. The van der Waals surface area contributed by atoms with Crippen LogP contribution in [0.25, 0.3) is 0 Å². The molecule has 0 aliphatic heterocycles. The highest BCUT2D eigenvalue weighted by molar-refractivity contribution is 9.10. The Labute approximate surface area is 98.4 Å². The van der Waals surface area contributed by atoms with Crippen molar-refractivity contribution < 1.29 is 0 Å². The summed E-state index contributed by atoms with van der Waals surface area (Å²) in [5.74, 6) is 0.652. The molecule has 1 fully saturated rings. The smallest absolute Gasteiger partial charge is 0.125 e. The lowest BCUT2D eigenvalue weighted by Crippen LogP contribution is -2.48. The molecule has 15 heavy (non-hydrogen) atoms. The minimum Gasteiger partial charge on any atom is -0.366 e. The Morgan fingerprint density at radius 1 is 1.47 bits per heavy atom. The number of nitrogens with one attached hydrogen (secondary N) is 1. The molecule has 78 valence electrons. The molecule has 1 saturated carbocycles. The molecule has 1 aromatic rings. The Kier molecular flexibility index (Phi) is 2.70. The average Bonchev–Trinajstić information content (AvgIpc) is 2.18. The van der Waals surface area contributed by atoms with Gasteiger partial charge in [0.15, 0.2) is 0 Å². The van der Waals surface area contributed by atoms with Crippen LogP contribution in [0.1, 0.15) is 19.8 Å². The fourth-order valence-corrected chi connectivity index (χ4v) is 2.56. The normalized spacial score (nSPS) is 29.0. The molecule has 0 radical (unpaired) electrons. The first-order chi connectivity index (χ1) is 7.15. The second-order valence-electron chi connectivity index (χ2n) is 4.31. The van der Waals surface area contributed by atoms with Crippen LogP contribution in [0.15, 0.2) is 28.7 Å². The Morgan fingerprint density at radius 3 is 2.67 bits per heavy atom. The third-order valence-electron chi connectivity index (χ3n) is 2.86. The molecule has 1 aliphatic rings. The van der Waals surface area contributed by atoms with Gasteiger partial charge in [0, 0.05) is 10.2 Å². The Bertz CT molecular complexity index is 402. The largest absolute Gasteiger partial charge is 0.366 e. The van der Waals surface area contributed by atoms with Crippen molar-refractivity contribution in [2.75, 3.05) is 5.32 Å². The summed E-state index contributed by atoms with van der Waals surface area (Å²) in [6.45, 7) is 2.18. The minimum absolute atomic E-state index is 0.344. The van der Waals surface area contributed by atoms with E-state index in [0.29, 0.717) is 5.92 Å². The van der Waals surface area contributed by atoms with E-state index in [-0.39, 0.29) is 5.54 Å². The van der Waals surface area contributed by atoms with Crippen LogP contribution >= 0.6 is 15.9 Å². The SMILES string of the molecule is CC1CC(C#N)(Nc2ccccc2Br)C1. The molecule has 1 N–H and O–H groups in total. The number of benzene rings is 1. The highest BCUT2D eigenvalue weighted by atomic mass is 79.9. The summed E-state index contributed by atoms with van der Waals surface area (Å²) in [5.41, 5.74) is 0.662. The first-order valence-corrected chi connectivity index (χ1v) is 5.88. The molecule has 2 nitrogen and oxygen atoms in total. The van der Waals surface area contributed by atoms with Crippen LogP contribution in [0.5, 0.6) is 0 Å². The van der Waals surface area contributed by atoms with Crippen LogP contribution in [-0.2, 0) is 0 Å². The van der Waals surface area contributed by atoms with Crippen LogP contribution < -0.4 is 5.32 Å². The molecule has 0 unspecified atom stereocenters. The summed E-state index contributed by atoms with van der Waals surface area (Å²) < 4.78 is 1.01. The predicted molar refractivity (Wildman–Crippen MR) is 64.5 cm³/mol. The summed E-state index contributed by atoms with van der Waals surface area (Å²) in [5, 5.41) is 12.5. The number of para-hydroxylation sites is 1. The first kappa shape index (κ1) is 10.5. The highest BCUT2D eigenvalue weighted by Crippen LogP contribution is 2.40. The van der Waals surface area contributed by atoms with Crippen molar-refractivity contribution in [1.29, 1.82) is 5.26 Å². The molecular formula is C12H13BrN2. The molecule has 0 bridgehead atoms. The van der Waals surface area contributed by atoms with Crippen molar-refractivity contribution in [1.82, 2.24) is 0 Å². The second-order valence-corrected chi connectivity index (χ2v) is 5.17. The van der Waals surface area contributed by atoms with Crippen LogP contribution in [0.3, 0.4) is 0 Å². The third-order valence-corrected chi connectivity index (χ3v) is 3.55. The van der Waals surface area contributed by atoms with E-state index in [4.69, 9.17) is 0 Å². The van der Waals surface area contributed by atoms with Gasteiger partial charge >= 0.3 is 0 Å². The molecule has 0 atom stereocenters. The molecule has 1 aliphatic carbocycles. The standard InChI is InChI=1S/C12H13BrN2/c1-9-6-12(7-9,8-14)15-11-5-3-2-4-10(11)13/h2-5,9,15H,6-7H2,1H3. The number of hydrogen-bond acceptors (Lipinski definition) is 2. The number of anilines is 1. The van der Waals surface area contributed by atoms with E-state index in [0.717, 1.165) is 23.0 Å². The van der Waals surface area contributed by atoms with Gasteiger partial charge in [0.2, 0.25) is 0 Å². The van der Waals surface area contributed by atoms with Gasteiger partial charge in [-0.1, -0.05) is 19.1 Å². The quantitative estimate of drug-likeness (QED) is 0.887. The Balaban J connectivity index is 2.16. The maximum atomic E-state index is 9.18. The van der Waals surface area contributed by atoms with Gasteiger partial charge in [-0.25, -0.2) is 0 Å². The molecule has 0 amide bonds. The second kappa shape index (κ2) is 3.86. The zero-order valence-electron chi connectivity index (χ0n) is 8.63. The van der Waals surface area contributed by atoms with Gasteiger partial charge in [0.05, 0.1) is 6.07 Å². The van der Waals surface area contributed by atoms with Crippen molar-refractivity contribution in [3.8, 4) is 6.07 Å². The van der Waals surface area contributed by atoms with Crippen molar-refractivity contribution >= 4 is 21.6 Å². The maximum absolute atomic E-state index is 9.18. The van der Waals surface area contributed by atoms with Gasteiger partial charge in [0.1, 0.15) is 5.54 Å². The summed E-state index contributed by atoms with van der Waals surface area (Å²) in [6.07, 6.45) is 1.87. The van der Waals surface area contributed by atoms with Crippen LogP contribution in [-0.4, -0.2) is 5.54 Å². The number of nitrogens with zero attached hydrogens (tertiary/aromatic N) is 1. The van der Waals surface area contributed by atoms with Crippen molar-refractivity contribution in [3.05, 3.63) is 28.7 Å². The van der Waals surface area contributed by atoms with E-state index in [1.165, 1.54) is 0 Å². The molecule has 0 aromatic heterocycles. The van der Waals surface area contributed by atoms with E-state index in [1.54, 1.807) is 0 Å². The van der Waals surface area contributed by atoms with Crippen molar-refractivity contribution in [3.63, 3.8) is 0 Å². The Hall–Kier alpha value is -1.01. The van der Waals surface area contributed by atoms with Crippen molar-refractivity contribution in [2.24, 2.45) is 5.92 Å². The van der Waals surface area contributed by atoms with Gasteiger partial charge in [-0.05, 0) is 46.8 Å². The fourth-order valence-electron chi connectivity index (χ4n) is 2.17. The lowest BCUT2D eigenvalue weighted by Gasteiger charge is -2.42. The average molecular weight is 265 g/mol. The topological polar surface area (TPSA) is 35.8 Å². The molecular weight excluding hydrogens is 252 g/mol. The van der Waals surface area contributed by atoms with E-state index in [1.807, 2.05) is 24.3 Å². The molecule has 0 heterocycles. The van der Waals surface area contributed by atoms with E-state index < -0.39 is 0 Å². The minimum atomic E-state index is -0.344. The van der Waals surface area contributed by atoms with Crippen LogP contribution in [0.4, 0.5) is 5.69 Å². The van der Waals surface area contributed by atoms with Gasteiger partial charge < -0.3 is 5.32 Å². The highest BCUT2D eigenvalue weighted by Gasteiger charge is 2.42. The first-order valence-electron chi connectivity index (χ1n) is 5.09. The number of nitriles is 1. The van der Waals surface area contributed by atoms with Crippen LogP contribution in [0.2, 0.25) is 0 Å². The summed E-state index contributed by atoms with van der Waals surface area (Å²) in [6, 6.07) is 10.3. The zero-order chi connectivity index (χ0) is 10.9. The van der Waals surface area contributed by atoms with Crippen molar-refractivity contribution in [2.45, 2.75) is 25.3 Å². The maximum Gasteiger partial charge on any atom is 0.125 e. The van der Waals surface area contributed by atoms with Gasteiger partial charge in [-0.15, -0.1) is 0 Å². The summed E-state index contributed by atoms with van der Waals surface area (Å²) in [4.78, 5) is 0. The Morgan fingerprint density at radius 2 is 2.13 bits per heavy atom. The summed E-state index contributed by atoms with van der Waals surface area (Å²) >= 11 is 3.47. The molecule has 0 spiro atoms.